The largest absolute Gasteiger partial charge is 0.341 e. The maximum Gasteiger partial charge on any atom is 0.241 e. The summed E-state index contributed by atoms with van der Waals surface area (Å²) in [7, 11) is -6.29. The standard InChI is InChI=1S/C15H23N3O5S2/c1-12(15(19)18-10-4-3-5-11-18)17-25(22,23)14-8-6-13(7-9-14)24(20,21)16-2/h6-9,12,16-17H,3-5,10-11H2,1-2H3/t12-/m0/s1. The van der Waals surface area contributed by atoms with Gasteiger partial charge in [0.15, 0.2) is 0 Å². The summed E-state index contributed by atoms with van der Waals surface area (Å²) in [5, 5.41) is 0. The predicted octanol–water partition coefficient (Wildman–Crippen LogP) is 0.274. The van der Waals surface area contributed by atoms with Crippen LogP contribution in [0.15, 0.2) is 34.1 Å². The Hall–Kier alpha value is -1.49. The van der Waals surface area contributed by atoms with Crippen molar-refractivity contribution in [1.29, 1.82) is 0 Å². The molecule has 8 nitrogen and oxygen atoms in total. The van der Waals surface area contributed by atoms with Gasteiger partial charge in [0.05, 0.1) is 15.8 Å². The summed E-state index contributed by atoms with van der Waals surface area (Å²) < 4.78 is 52.7. The third kappa shape index (κ3) is 4.78. The van der Waals surface area contributed by atoms with E-state index >= 15 is 0 Å². The van der Waals surface area contributed by atoms with E-state index in [0.717, 1.165) is 19.3 Å². The minimum atomic E-state index is -3.92. The SMILES string of the molecule is CNS(=O)(=O)c1ccc(S(=O)(=O)N[C@@H](C)C(=O)N2CCCCC2)cc1. The van der Waals surface area contributed by atoms with E-state index in [-0.39, 0.29) is 15.7 Å². The molecule has 1 aromatic rings. The molecule has 0 saturated carbocycles. The van der Waals surface area contributed by atoms with Crippen molar-refractivity contribution in [2.45, 2.75) is 42.0 Å². The molecule has 1 aromatic carbocycles. The zero-order valence-electron chi connectivity index (χ0n) is 14.2. The van der Waals surface area contributed by atoms with Crippen LogP contribution in [-0.2, 0) is 24.8 Å². The monoisotopic (exact) mass is 389 g/mol. The van der Waals surface area contributed by atoms with Crippen molar-refractivity contribution in [3.05, 3.63) is 24.3 Å². The van der Waals surface area contributed by atoms with Gasteiger partial charge in [-0.3, -0.25) is 4.79 Å². The number of hydrogen-bond donors (Lipinski definition) is 2. The predicted molar refractivity (Wildman–Crippen MR) is 92.9 cm³/mol. The second-order valence-electron chi connectivity index (χ2n) is 5.91. The van der Waals surface area contributed by atoms with Crippen molar-refractivity contribution in [3.8, 4) is 0 Å². The number of piperidine rings is 1. The molecule has 0 spiro atoms. The normalized spacial score (nSPS) is 17.3. The molecule has 0 aromatic heterocycles. The van der Waals surface area contributed by atoms with Gasteiger partial charge in [0.1, 0.15) is 0 Å². The molecular formula is C15H23N3O5S2. The second kappa shape index (κ2) is 7.81. The average Bonchev–Trinajstić information content (AvgIpc) is 2.61. The molecule has 1 amide bonds. The van der Waals surface area contributed by atoms with Gasteiger partial charge < -0.3 is 4.90 Å². The van der Waals surface area contributed by atoms with Crippen LogP contribution in [0.2, 0.25) is 0 Å². The van der Waals surface area contributed by atoms with Crippen LogP contribution in [0.3, 0.4) is 0 Å². The molecule has 1 saturated heterocycles. The number of rotatable bonds is 6. The van der Waals surface area contributed by atoms with Crippen molar-refractivity contribution < 1.29 is 21.6 Å². The van der Waals surface area contributed by atoms with Gasteiger partial charge >= 0.3 is 0 Å². The molecule has 1 atom stereocenters. The number of carbonyl (C=O) groups is 1. The van der Waals surface area contributed by atoms with Gasteiger partial charge in [-0.1, -0.05) is 0 Å². The summed E-state index contributed by atoms with van der Waals surface area (Å²) >= 11 is 0. The summed E-state index contributed by atoms with van der Waals surface area (Å²) in [5.41, 5.74) is 0. The van der Waals surface area contributed by atoms with Crippen LogP contribution in [0, 0.1) is 0 Å². The van der Waals surface area contributed by atoms with E-state index in [0.29, 0.717) is 13.1 Å². The van der Waals surface area contributed by atoms with Crippen molar-refractivity contribution in [1.82, 2.24) is 14.3 Å². The first-order chi connectivity index (χ1) is 11.7. The van der Waals surface area contributed by atoms with E-state index < -0.39 is 26.1 Å². The molecule has 0 bridgehead atoms. The van der Waals surface area contributed by atoms with Crippen LogP contribution in [0.4, 0.5) is 0 Å². The topological polar surface area (TPSA) is 113 Å². The maximum absolute atomic E-state index is 12.4. The minimum absolute atomic E-state index is 0.0357. The number of carbonyl (C=O) groups excluding carboxylic acids is 1. The Labute approximate surface area is 148 Å². The van der Waals surface area contributed by atoms with E-state index in [1.54, 1.807) is 4.90 Å². The lowest BCUT2D eigenvalue weighted by Crippen LogP contribution is -2.48. The zero-order chi connectivity index (χ0) is 18.7. The first-order valence-electron chi connectivity index (χ1n) is 8.02. The molecule has 1 fully saturated rings. The lowest BCUT2D eigenvalue weighted by Gasteiger charge is -2.29. The Bertz CT molecular complexity index is 813. The van der Waals surface area contributed by atoms with Gasteiger partial charge in [-0.05, 0) is 57.5 Å². The van der Waals surface area contributed by atoms with E-state index in [1.165, 1.54) is 38.2 Å². The highest BCUT2D eigenvalue weighted by Gasteiger charge is 2.27. The molecule has 1 aliphatic rings. The van der Waals surface area contributed by atoms with Gasteiger partial charge in [0, 0.05) is 13.1 Å². The van der Waals surface area contributed by atoms with Gasteiger partial charge in [-0.2, -0.15) is 4.72 Å². The molecule has 0 aliphatic carbocycles. The number of sulfonamides is 2. The molecule has 1 aliphatic heterocycles. The Morgan fingerprint density at radius 3 is 1.92 bits per heavy atom. The molecule has 10 heteroatoms. The van der Waals surface area contributed by atoms with E-state index in [1.807, 2.05) is 0 Å². The van der Waals surface area contributed by atoms with Crippen molar-refractivity contribution >= 4 is 26.0 Å². The zero-order valence-corrected chi connectivity index (χ0v) is 15.9. The average molecular weight is 389 g/mol. The van der Waals surface area contributed by atoms with Crippen LogP contribution in [0.1, 0.15) is 26.2 Å². The lowest BCUT2D eigenvalue weighted by atomic mass is 10.1. The number of amides is 1. The Morgan fingerprint density at radius 2 is 1.44 bits per heavy atom. The number of nitrogens with one attached hydrogen (secondary N) is 2. The molecule has 0 unspecified atom stereocenters. The van der Waals surface area contributed by atoms with Gasteiger partial charge in [0.25, 0.3) is 0 Å². The summed E-state index contributed by atoms with van der Waals surface area (Å²) in [4.78, 5) is 13.9. The first-order valence-corrected chi connectivity index (χ1v) is 11.0. The molecule has 2 rings (SSSR count). The smallest absolute Gasteiger partial charge is 0.241 e. The minimum Gasteiger partial charge on any atom is -0.341 e. The molecule has 0 radical (unpaired) electrons. The third-order valence-electron chi connectivity index (χ3n) is 4.08. The van der Waals surface area contributed by atoms with Crippen molar-refractivity contribution in [2.24, 2.45) is 0 Å². The fourth-order valence-electron chi connectivity index (χ4n) is 2.66. The van der Waals surface area contributed by atoms with Crippen molar-refractivity contribution in [3.63, 3.8) is 0 Å². The van der Waals surface area contributed by atoms with Crippen LogP contribution >= 0.6 is 0 Å². The number of benzene rings is 1. The number of likely N-dealkylation sites (tertiary alicyclic amines) is 1. The molecule has 1 heterocycles. The highest BCUT2D eigenvalue weighted by molar-refractivity contribution is 7.90. The molecule has 140 valence electrons. The van der Waals surface area contributed by atoms with Crippen LogP contribution < -0.4 is 9.44 Å². The van der Waals surface area contributed by atoms with Crippen LogP contribution in [0.5, 0.6) is 0 Å². The third-order valence-corrected chi connectivity index (χ3v) is 7.07. The fourth-order valence-corrected chi connectivity index (χ4v) is 4.58. The van der Waals surface area contributed by atoms with E-state index in [9.17, 15) is 21.6 Å². The summed E-state index contributed by atoms with van der Waals surface area (Å²) in [6, 6.07) is 3.92. The van der Waals surface area contributed by atoms with E-state index in [4.69, 9.17) is 0 Å². The van der Waals surface area contributed by atoms with Crippen molar-refractivity contribution in [2.75, 3.05) is 20.1 Å². The van der Waals surface area contributed by atoms with Gasteiger partial charge in [0.2, 0.25) is 26.0 Å². The van der Waals surface area contributed by atoms with Gasteiger partial charge in [-0.15, -0.1) is 0 Å². The van der Waals surface area contributed by atoms with E-state index in [2.05, 4.69) is 9.44 Å². The fraction of sp³-hybridized carbons (Fsp3) is 0.533. The highest BCUT2D eigenvalue weighted by Crippen LogP contribution is 2.15. The lowest BCUT2D eigenvalue weighted by molar-refractivity contribution is -0.133. The van der Waals surface area contributed by atoms with Gasteiger partial charge in [-0.25, -0.2) is 21.6 Å². The number of nitrogens with zero attached hydrogens (tertiary/aromatic N) is 1. The quantitative estimate of drug-likeness (QED) is 0.725. The Balaban J connectivity index is 2.11. The van der Waals surface area contributed by atoms with Crippen LogP contribution in [-0.4, -0.2) is 53.8 Å². The Kier molecular flexibility index (Phi) is 6.20. The number of hydrogen-bond acceptors (Lipinski definition) is 5. The summed E-state index contributed by atoms with van der Waals surface area (Å²) in [5.74, 6) is -0.252. The maximum atomic E-state index is 12.4. The summed E-state index contributed by atoms with van der Waals surface area (Å²) in [6.07, 6.45) is 2.92. The molecular weight excluding hydrogens is 366 g/mol. The molecule has 25 heavy (non-hydrogen) atoms. The van der Waals surface area contributed by atoms with Crippen LogP contribution in [0.25, 0.3) is 0 Å². The summed E-state index contributed by atoms with van der Waals surface area (Å²) in [6.45, 7) is 2.79. The highest BCUT2D eigenvalue weighted by atomic mass is 32.2. The molecule has 2 N–H and O–H groups in total. The second-order valence-corrected chi connectivity index (χ2v) is 9.51. The Morgan fingerprint density at radius 1 is 0.960 bits per heavy atom. The first kappa shape index (κ1) is 19.8.